The molecule has 0 saturated heterocycles. The lowest BCUT2D eigenvalue weighted by atomic mass is 10.1. The molecule has 1 rings (SSSR count). The van der Waals surface area contributed by atoms with Crippen LogP contribution in [0.5, 0.6) is 0 Å². The molecule has 1 heterocycles. The number of nitrogens with zero attached hydrogens (tertiary/aromatic N) is 1. The van der Waals surface area contributed by atoms with E-state index < -0.39 is 21.5 Å². The highest BCUT2D eigenvalue weighted by Crippen LogP contribution is 2.19. The summed E-state index contributed by atoms with van der Waals surface area (Å²) < 4.78 is 24.8. The van der Waals surface area contributed by atoms with Crippen LogP contribution in [0.25, 0.3) is 0 Å². The van der Waals surface area contributed by atoms with E-state index in [9.17, 15) is 13.2 Å². The normalized spacial score (nSPS) is 12.2. The Labute approximate surface area is 127 Å². The van der Waals surface area contributed by atoms with Crippen molar-refractivity contribution < 1.29 is 13.2 Å². The molecule has 0 unspecified atom stereocenters. The first-order chi connectivity index (χ1) is 9.00. The average molecular weight is 340 g/mol. The predicted octanol–water partition coefficient (Wildman–Crippen LogP) is 1.45. The average Bonchev–Trinajstić information content (AvgIpc) is 2.26. The first-order valence-electron chi connectivity index (χ1n) is 5.58. The lowest BCUT2D eigenvalue weighted by Crippen LogP contribution is -2.51. The molecular formula is C11H15Cl2N3O3S. The molecule has 6 nitrogen and oxygen atoms in total. The summed E-state index contributed by atoms with van der Waals surface area (Å²) in [5, 5.41) is 2.89. The maximum atomic E-state index is 11.9. The third-order valence-corrected chi connectivity index (χ3v) is 3.82. The number of hydrogen-bond donors (Lipinski definition) is 2. The summed E-state index contributed by atoms with van der Waals surface area (Å²) in [6, 6.07) is 1.39. The van der Waals surface area contributed by atoms with Crippen molar-refractivity contribution >= 4 is 39.1 Å². The number of aromatic nitrogens is 1. The lowest BCUT2D eigenvalue weighted by molar-refractivity contribution is 0.0944. The maximum Gasteiger partial charge on any atom is 0.252 e. The van der Waals surface area contributed by atoms with Gasteiger partial charge in [-0.2, -0.15) is 0 Å². The van der Waals surface area contributed by atoms with E-state index in [2.05, 4.69) is 15.0 Å². The van der Waals surface area contributed by atoms with Crippen LogP contribution in [0.2, 0.25) is 10.2 Å². The number of sulfonamides is 1. The van der Waals surface area contributed by atoms with Crippen molar-refractivity contribution in [3.8, 4) is 0 Å². The van der Waals surface area contributed by atoms with Crippen LogP contribution in [0, 0.1) is 0 Å². The zero-order valence-corrected chi connectivity index (χ0v) is 13.5. The zero-order valence-electron chi connectivity index (χ0n) is 11.2. The highest BCUT2D eigenvalue weighted by Gasteiger charge is 2.23. The second-order valence-corrected chi connectivity index (χ2v) is 7.45. The fraction of sp³-hybridized carbons (Fsp3) is 0.455. The van der Waals surface area contributed by atoms with Crippen molar-refractivity contribution in [1.29, 1.82) is 0 Å². The van der Waals surface area contributed by atoms with Gasteiger partial charge in [-0.15, -0.1) is 0 Å². The molecule has 0 aliphatic carbocycles. The number of rotatable bonds is 5. The number of carbonyl (C=O) groups is 1. The number of carbonyl (C=O) groups excluding carboxylic acids is 1. The molecule has 9 heteroatoms. The predicted molar refractivity (Wildman–Crippen MR) is 78.6 cm³/mol. The zero-order chi connectivity index (χ0) is 15.6. The van der Waals surface area contributed by atoms with Gasteiger partial charge in [0.15, 0.2) is 0 Å². The van der Waals surface area contributed by atoms with Gasteiger partial charge in [0.25, 0.3) is 5.91 Å². The van der Waals surface area contributed by atoms with Crippen LogP contribution < -0.4 is 10.0 Å². The maximum absolute atomic E-state index is 11.9. The summed E-state index contributed by atoms with van der Waals surface area (Å²) in [4.78, 5) is 15.7. The Bertz CT molecular complexity index is 617. The fourth-order valence-corrected chi connectivity index (χ4v) is 2.83. The van der Waals surface area contributed by atoms with Gasteiger partial charge in [0, 0.05) is 18.3 Å². The van der Waals surface area contributed by atoms with Crippen LogP contribution >= 0.6 is 23.2 Å². The van der Waals surface area contributed by atoms with Gasteiger partial charge >= 0.3 is 0 Å². The van der Waals surface area contributed by atoms with Crippen molar-refractivity contribution in [2.45, 2.75) is 19.4 Å². The molecule has 0 atom stereocenters. The van der Waals surface area contributed by atoms with Crippen LogP contribution in [-0.2, 0) is 10.0 Å². The molecule has 0 radical (unpaired) electrons. The minimum Gasteiger partial charge on any atom is -0.350 e. The third kappa shape index (κ3) is 5.62. The first-order valence-corrected chi connectivity index (χ1v) is 8.23. The molecule has 0 aliphatic rings. The van der Waals surface area contributed by atoms with Crippen LogP contribution in [0.1, 0.15) is 24.2 Å². The summed E-state index contributed by atoms with van der Waals surface area (Å²) in [7, 11) is -3.36. The summed E-state index contributed by atoms with van der Waals surface area (Å²) in [5.41, 5.74) is -0.568. The van der Waals surface area contributed by atoms with E-state index in [4.69, 9.17) is 23.2 Å². The van der Waals surface area contributed by atoms with E-state index in [-0.39, 0.29) is 22.3 Å². The van der Waals surface area contributed by atoms with Gasteiger partial charge in [-0.05, 0) is 19.9 Å². The van der Waals surface area contributed by atoms with E-state index in [1.807, 2.05) is 0 Å². The van der Waals surface area contributed by atoms with E-state index in [0.717, 1.165) is 6.26 Å². The highest BCUT2D eigenvalue weighted by molar-refractivity contribution is 7.88. The van der Waals surface area contributed by atoms with Gasteiger partial charge in [-0.25, -0.2) is 18.1 Å². The van der Waals surface area contributed by atoms with Crippen LogP contribution in [0.3, 0.4) is 0 Å². The molecule has 0 spiro atoms. The minimum absolute atomic E-state index is 0.110. The van der Waals surface area contributed by atoms with Gasteiger partial charge < -0.3 is 5.32 Å². The molecule has 112 valence electrons. The minimum atomic E-state index is -3.36. The fourth-order valence-electron chi connectivity index (χ4n) is 1.49. The molecular weight excluding hydrogens is 325 g/mol. The molecule has 1 amide bonds. The summed E-state index contributed by atoms with van der Waals surface area (Å²) in [6.07, 6.45) is 2.35. The Morgan fingerprint density at radius 2 is 2.00 bits per heavy atom. The third-order valence-electron chi connectivity index (χ3n) is 2.21. The largest absolute Gasteiger partial charge is 0.350 e. The smallest absolute Gasteiger partial charge is 0.252 e. The van der Waals surface area contributed by atoms with Gasteiger partial charge in [0.2, 0.25) is 10.0 Å². The van der Waals surface area contributed by atoms with Crippen LogP contribution in [-0.4, -0.2) is 37.6 Å². The Morgan fingerprint density at radius 1 is 1.40 bits per heavy atom. The number of nitrogens with one attached hydrogen (secondary N) is 2. The van der Waals surface area contributed by atoms with Gasteiger partial charge in [0.1, 0.15) is 5.15 Å². The molecule has 2 N–H and O–H groups in total. The molecule has 0 fully saturated rings. The summed E-state index contributed by atoms with van der Waals surface area (Å²) >= 11 is 11.4. The number of pyridine rings is 1. The van der Waals surface area contributed by atoms with E-state index in [1.54, 1.807) is 13.8 Å². The van der Waals surface area contributed by atoms with Crippen molar-refractivity contribution in [2.24, 2.45) is 0 Å². The Morgan fingerprint density at radius 3 is 2.50 bits per heavy atom. The summed E-state index contributed by atoms with van der Waals surface area (Å²) in [5.74, 6) is -0.417. The highest BCUT2D eigenvalue weighted by atomic mass is 35.5. The number of hydrogen-bond acceptors (Lipinski definition) is 4. The standard InChI is InChI=1S/C11H15Cl2N3O3S/c1-11(2,16-20(3,18)19)6-15-10(17)7-4-8(12)9(13)14-5-7/h4-5,16H,6H2,1-3H3,(H,15,17). The molecule has 1 aromatic heterocycles. The van der Waals surface area contributed by atoms with Crippen molar-refractivity contribution in [2.75, 3.05) is 12.8 Å². The summed E-state index contributed by atoms with van der Waals surface area (Å²) in [6.45, 7) is 3.42. The monoisotopic (exact) mass is 339 g/mol. The number of halogens is 2. The molecule has 20 heavy (non-hydrogen) atoms. The van der Waals surface area contributed by atoms with Crippen molar-refractivity contribution in [3.63, 3.8) is 0 Å². The molecule has 0 aliphatic heterocycles. The van der Waals surface area contributed by atoms with E-state index in [1.165, 1.54) is 12.3 Å². The van der Waals surface area contributed by atoms with E-state index >= 15 is 0 Å². The van der Waals surface area contributed by atoms with Crippen LogP contribution in [0.15, 0.2) is 12.3 Å². The molecule has 0 bridgehead atoms. The molecule has 1 aromatic rings. The number of amides is 1. The van der Waals surface area contributed by atoms with Gasteiger partial charge in [0.05, 0.1) is 16.8 Å². The van der Waals surface area contributed by atoms with Crippen LogP contribution in [0.4, 0.5) is 0 Å². The second-order valence-electron chi connectivity index (χ2n) is 4.94. The van der Waals surface area contributed by atoms with Gasteiger partial charge in [-0.1, -0.05) is 23.2 Å². The quantitative estimate of drug-likeness (QED) is 0.794. The molecule has 0 aromatic carbocycles. The lowest BCUT2D eigenvalue weighted by Gasteiger charge is -2.25. The van der Waals surface area contributed by atoms with Gasteiger partial charge in [-0.3, -0.25) is 4.79 Å². The SMILES string of the molecule is CC(C)(CNC(=O)c1cnc(Cl)c(Cl)c1)NS(C)(=O)=O. The second kappa shape index (κ2) is 6.26. The Balaban J connectivity index is 2.69. The topological polar surface area (TPSA) is 88.2 Å². The molecule has 0 saturated carbocycles. The Hall–Kier alpha value is -0.890. The first kappa shape index (κ1) is 17.2. The van der Waals surface area contributed by atoms with Crippen molar-refractivity contribution in [3.05, 3.63) is 28.0 Å². The van der Waals surface area contributed by atoms with E-state index in [0.29, 0.717) is 0 Å². The van der Waals surface area contributed by atoms with Crippen molar-refractivity contribution in [1.82, 2.24) is 15.0 Å². The Kier molecular flexibility index (Phi) is 5.37.